The summed E-state index contributed by atoms with van der Waals surface area (Å²) in [6.07, 6.45) is 0. The molecule has 6 rings (SSSR count). The number of fused-ring (bicyclic) bond motifs is 4. The second kappa shape index (κ2) is 7.71. The van der Waals surface area contributed by atoms with Crippen molar-refractivity contribution in [3.63, 3.8) is 0 Å². The molecule has 0 unspecified atom stereocenters. The zero-order valence-electron chi connectivity index (χ0n) is 20.4. The summed E-state index contributed by atoms with van der Waals surface area (Å²) in [5.74, 6) is 0.555. The van der Waals surface area contributed by atoms with Crippen molar-refractivity contribution in [3.05, 3.63) is 120 Å². The lowest BCUT2D eigenvalue weighted by Crippen LogP contribution is -2.15. The van der Waals surface area contributed by atoms with Gasteiger partial charge in [0.2, 0.25) is 0 Å². The van der Waals surface area contributed by atoms with E-state index < -0.39 is 0 Å². The normalized spacial score (nSPS) is 13.8. The lowest BCUT2D eigenvalue weighted by Gasteiger charge is -2.22. The molecule has 0 amide bonds. The average Bonchev–Trinajstić information content (AvgIpc) is 3.09. The smallest absolute Gasteiger partial charge is 0.0159 e. The predicted molar refractivity (Wildman–Crippen MR) is 146 cm³/mol. The maximum Gasteiger partial charge on any atom is 0.0159 e. The molecule has 0 nitrogen and oxygen atoms in total. The minimum atomic E-state index is -0.0363. The highest BCUT2D eigenvalue weighted by Gasteiger charge is 2.35. The number of benzene rings is 5. The molecule has 0 atom stereocenters. The Morgan fingerprint density at radius 1 is 0.500 bits per heavy atom. The van der Waals surface area contributed by atoms with Crippen LogP contribution in [-0.2, 0) is 5.41 Å². The molecule has 5 aromatic carbocycles. The lowest BCUT2D eigenvalue weighted by atomic mass is 9.80. The van der Waals surface area contributed by atoms with Gasteiger partial charge in [0.15, 0.2) is 0 Å². The molecule has 0 spiro atoms. The molecule has 0 N–H and O–H groups in total. The monoisotopic (exact) mass is 438 g/mol. The zero-order chi connectivity index (χ0) is 23.4. The summed E-state index contributed by atoms with van der Waals surface area (Å²) in [6, 6.07) is 38.5. The van der Waals surface area contributed by atoms with Crippen LogP contribution in [-0.4, -0.2) is 0 Å². The van der Waals surface area contributed by atoms with Gasteiger partial charge < -0.3 is 0 Å². The third-order valence-corrected chi connectivity index (χ3v) is 7.67. The summed E-state index contributed by atoms with van der Waals surface area (Å²) in [5, 5.41) is 2.57. The van der Waals surface area contributed by atoms with Crippen molar-refractivity contribution in [1.29, 1.82) is 0 Å². The molecule has 1 aliphatic rings. The Balaban J connectivity index is 1.41. The molecular weight excluding hydrogens is 408 g/mol. The van der Waals surface area contributed by atoms with E-state index in [-0.39, 0.29) is 5.41 Å². The van der Waals surface area contributed by atoms with Crippen LogP contribution in [0.3, 0.4) is 0 Å². The fourth-order valence-corrected chi connectivity index (χ4v) is 5.53. The van der Waals surface area contributed by atoms with Crippen molar-refractivity contribution < 1.29 is 0 Å². The number of hydrogen-bond donors (Lipinski definition) is 0. The fraction of sp³-hybridized carbons (Fsp3) is 0.176. The van der Waals surface area contributed by atoms with Gasteiger partial charge in [-0.25, -0.2) is 0 Å². The first-order valence-electron chi connectivity index (χ1n) is 12.3. The van der Waals surface area contributed by atoms with Crippen LogP contribution in [0, 0.1) is 0 Å². The van der Waals surface area contributed by atoms with Gasteiger partial charge in [0, 0.05) is 5.41 Å². The van der Waals surface area contributed by atoms with Crippen LogP contribution in [0.5, 0.6) is 0 Å². The van der Waals surface area contributed by atoms with Crippen molar-refractivity contribution in [1.82, 2.24) is 0 Å². The molecule has 0 saturated carbocycles. The molecule has 0 radical (unpaired) electrons. The van der Waals surface area contributed by atoms with E-state index in [1.165, 1.54) is 60.8 Å². The minimum Gasteiger partial charge on any atom is -0.0616 e. The van der Waals surface area contributed by atoms with E-state index in [1.54, 1.807) is 0 Å². The highest BCUT2D eigenvalue weighted by atomic mass is 14.4. The summed E-state index contributed by atoms with van der Waals surface area (Å²) in [5.41, 5.74) is 12.1. The summed E-state index contributed by atoms with van der Waals surface area (Å²) in [7, 11) is 0. The van der Waals surface area contributed by atoms with Crippen LogP contribution < -0.4 is 0 Å². The molecule has 0 bridgehead atoms. The second-order valence-corrected chi connectivity index (χ2v) is 10.5. The molecule has 166 valence electrons. The van der Waals surface area contributed by atoms with Crippen molar-refractivity contribution in [2.45, 2.75) is 39.0 Å². The number of hydrogen-bond acceptors (Lipinski definition) is 0. The van der Waals surface area contributed by atoms with Crippen LogP contribution in [0.25, 0.3) is 44.2 Å². The van der Waals surface area contributed by atoms with E-state index in [1.807, 2.05) is 0 Å². The largest absolute Gasteiger partial charge is 0.0616 e. The topological polar surface area (TPSA) is 0 Å². The summed E-state index contributed by atoms with van der Waals surface area (Å²) < 4.78 is 0. The van der Waals surface area contributed by atoms with Crippen LogP contribution >= 0.6 is 0 Å². The highest BCUT2D eigenvalue weighted by Crippen LogP contribution is 2.50. The first-order valence-corrected chi connectivity index (χ1v) is 12.3. The van der Waals surface area contributed by atoms with Gasteiger partial charge in [-0.1, -0.05) is 113 Å². The third kappa shape index (κ3) is 3.29. The van der Waals surface area contributed by atoms with Crippen LogP contribution in [0.15, 0.2) is 103 Å². The molecule has 1 aliphatic carbocycles. The SMILES string of the molecule is CC(C)c1ccc(-c2ccc3c(c2)C(C)(C)c2cc(-c4ccc5ccccc5c4)ccc2-3)cc1. The van der Waals surface area contributed by atoms with Gasteiger partial charge in [-0.15, -0.1) is 0 Å². The lowest BCUT2D eigenvalue weighted by molar-refractivity contribution is 0.661. The maximum atomic E-state index is 2.41. The van der Waals surface area contributed by atoms with Gasteiger partial charge in [-0.05, 0) is 85.0 Å². The van der Waals surface area contributed by atoms with E-state index in [2.05, 4.69) is 131 Å². The van der Waals surface area contributed by atoms with Gasteiger partial charge in [0.05, 0.1) is 0 Å². The Labute approximate surface area is 202 Å². The Bertz CT molecular complexity index is 1530. The van der Waals surface area contributed by atoms with E-state index in [4.69, 9.17) is 0 Å². The molecule has 0 aliphatic heterocycles. The molecule has 0 heterocycles. The standard InChI is InChI=1S/C34H30/c1-22(2)23-9-11-25(12-10-23)28-15-17-30-31-18-16-29(21-33(31)34(3,4)32(30)20-28)27-14-13-24-7-5-6-8-26(24)19-27/h5-22H,1-4H3. The minimum absolute atomic E-state index is 0.0363. The van der Waals surface area contributed by atoms with Crippen LogP contribution in [0.1, 0.15) is 50.3 Å². The first kappa shape index (κ1) is 20.9. The Morgan fingerprint density at radius 3 is 1.62 bits per heavy atom. The molecular formula is C34H30. The molecule has 0 heteroatoms. The maximum absolute atomic E-state index is 2.41. The second-order valence-electron chi connectivity index (χ2n) is 10.5. The van der Waals surface area contributed by atoms with Gasteiger partial charge in [-0.2, -0.15) is 0 Å². The zero-order valence-corrected chi connectivity index (χ0v) is 20.4. The van der Waals surface area contributed by atoms with E-state index >= 15 is 0 Å². The van der Waals surface area contributed by atoms with Crippen molar-refractivity contribution in [2.24, 2.45) is 0 Å². The first-order chi connectivity index (χ1) is 16.4. The van der Waals surface area contributed by atoms with Crippen molar-refractivity contribution >= 4 is 10.8 Å². The van der Waals surface area contributed by atoms with Gasteiger partial charge >= 0.3 is 0 Å². The molecule has 0 fully saturated rings. The van der Waals surface area contributed by atoms with Gasteiger partial charge in [-0.3, -0.25) is 0 Å². The van der Waals surface area contributed by atoms with Crippen LogP contribution in [0.2, 0.25) is 0 Å². The Kier molecular flexibility index (Phi) is 4.74. The van der Waals surface area contributed by atoms with Crippen molar-refractivity contribution in [3.8, 4) is 33.4 Å². The molecule has 34 heavy (non-hydrogen) atoms. The quantitative estimate of drug-likeness (QED) is 0.263. The predicted octanol–water partition coefficient (Wildman–Crippen LogP) is 9.60. The fourth-order valence-electron chi connectivity index (χ4n) is 5.53. The molecule has 0 saturated heterocycles. The summed E-state index contributed by atoms with van der Waals surface area (Å²) in [4.78, 5) is 0. The van der Waals surface area contributed by atoms with Crippen LogP contribution in [0.4, 0.5) is 0 Å². The summed E-state index contributed by atoms with van der Waals surface area (Å²) in [6.45, 7) is 9.23. The van der Waals surface area contributed by atoms with E-state index in [0.29, 0.717) is 5.92 Å². The number of rotatable bonds is 3. The third-order valence-electron chi connectivity index (χ3n) is 7.67. The van der Waals surface area contributed by atoms with Gasteiger partial charge in [0.1, 0.15) is 0 Å². The van der Waals surface area contributed by atoms with Crippen molar-refractivity contribution in [2.75, 3.05) is 0 Å². The Hall–Kier alpha value is -3.64. The summed E-state index contributed by atoms with van der Waals surface area (Å²) >= 11 is 0. The highest BCUT2D eigenvalue weighted by molar-refractivity contribution is 5.89. The van der Waals surface area contributed by atoms with E-state index in [0.717, 1.165) is 0 Å². The average molecular weight is 439 g/mol. The molecule has 0 aromatic heterocycles. The van der Waals surface area contributed by atoms with E-state index in [9.17, 15) is 0 Å². The van der Waals surface area contributed by atoms with Gasteiger partial charge in [0.25, 0.3) is 0 Å². The molecule has 5 aromatic rings. The Morgan fingerprint density at radius 2 is 1.00 bits per heavy atom.